The van der Waals surface area contributed by atoms with Crippen molar-refractivity contribution in [2.45, 2.75) is 33.6 Å². The van der Waals surface area contributed by atoms with Crippen LogP contribution in [0.5, 0.6) is 0 Å². The van der Waals surface area contributed by atoms with E-state index in [1.807, 2.05) is 13.0 Å². The molecule has 0 unspecified atom stereocenters. The van der Waals surface area contributed by atoms with Crippen molar-refractivity contribution in [1.82, 2.24) is 4.98 Å². The zero-order valence-corrected chi connectivity index (χ0v) is 18.7. The molecule has 3 nitrogen and oxygen atoms in total. The Labute approximate surface area is 183 Å². The van der Waals surface area contributed by atoms with Crippen LogP contribution in [0.4, 0.5) is 0 Å². The third-order valence-electron chi connectivity index (χ3n) is 6.16. The molecule has 0 amide bonds. The third kappa shape index (κ3) is 3.21. The summed E-state index contributed by atoms with van der Waals surface area (Å²) in [7, 11) is 2.10. The Morgan fingerprint density at radius 2 is 1.61 bits per heavy atom. The number of hydrogen-bond acceptors (Lipinski definition) is 2. The lowest BCUT2D eigenvalue weighted by Crippen LogP contribution is -2.31. The first-order valence-electron chi connectivity index (χ1n) is 10.8. The number of rotatable bonds is 3. The van der Waals surface area contributed by atoms with Crippen LogP contribution in [0.1, 0.15) is 36.6 Å². The molecule has 0 aliphatic heterocycles. The zero-order chi connectivity index (χ0) is 21.7. The first-order chi connectivity index (χ1) is 14.9. The van der Waals surface area contributed by atoms with Crippen molar-refractivity contribution in [2.75, 3.05) is 0 Å². The third-order valence-corrected chi connectivity index (χ3v) is 6.16. The van der Waals surface area contributed by atoms with Crippen molar-refractivity contribution in [3.05, 3.63) is 83.7 Å². The van der Waals surface area contributed by atoms with Gasteiger partial charge in [0.05, 0.1) is 11.1 Å². The van der Waals surface area contributed by atoms with Crippen LogP contribution >= 0.6 is 0 Å². The van der Waals surface area contributed by atoms with E-state index in [1.165, 1.54) is 22.3 Å². The number of aromatic nitrogens is 2. The van der Waals surface area contributed by atoms with Crippen LogP contribution in [-0.4, -0.2) is 4.98 Å². The number of nitrogens with zero attached hydrogens (tertiary/aromatic N) is 2. The summed E-state index contributed by atoms with van der Waals surface area (Å²) in [5.74, 6) is 0.517. The smallest absolute Gasteiger partial charge is 0.227 e. The number of fused-ring (bicyclic) bond motifs is 3. The summed E-state index contributed by atoms with van der Waals surface area (Å²) in [5, 5.41) is 2.16. The summed E-state index contributed by atoms with van der Waals surface area (Å²) in [6.45, 7) is 8.60. The molecule has 0 saturated heterocycles. The van der Waals surface area contributed by atoms with Gasteiger partial charge in [0.25, 0.3) is 0 Å². The summed E-state index contributed by atoms with van der Waals surface area (Å²) in [6, 6.07) is 21.7. The van der Waals surface area contributed by atoms with E-state index < -0.39 is 0 Å². The van der Waals surface area contributed by atoms with E-state index in [-0.39, 0.29) is 0 Å². The van der Waals surface area contributed by atoms with Crippen LogP contribution in [-0.2, 0) is 7.05 Å². The monoisotopic (exact) mass is 407 g/mol. The lowest BCUT2D eigenvalue weighted by Gasteiger charge is -2.12. The topological polar surface area (TPSA) is 29.9 Å². The molecule has 3 heterocycles. The number of benzene rings is 2. The van der Waals surface area contributed by atoms with Gasteiger partial charge in [-0.15, -0.1) is 0 Å². The summed E-state index contributed by atoms with van der Waals surface area (Å²) in [5.41, 5.74) is 9.77. The van der Waals surface area contributed by atoms with Crippen molar-refractivity contribution >= 4 is 22.1 Å². The summed E-state index contributed by atoms with van der Waals surface area (Å²) in [6.07, 6.45) is 2.10. The Bertz CT molecular complexity index is 1430. The van der Waals surface area contributed by atoms with Crippen LogP contribution in [0.25, 0.3) is 44.5 Å². The highest BCUT2D eigenvalue weighted by Gasteiger charge is 2.25. The molecule has 0 radical (unpaired) electrons. The Kier molecular flexibility index (Phi) is 4.62. The second-order valence-corrected chi connectivity index (χ2v) is 8.70. The maximum atomic E-state index is 6.37. The van der Waals surface area contributed by atoms with Gasteiger partial charge in [-0.05, 0) is 54.7 Å². The lowest BCUT2D eigenvalue weighted by atomic mass is 9.93. The highest BCUT2D eigenvalue weighted by Crippen LogP contribution is 2.39. The van der Waals surface area contributed by atoms with Gasteiger partial charge in [-0.25, -0.2) is 9.55 Å². The molecule has 0 N–H and O–H groups in total. The molecule has 3 aromatic heterocycles. The predicted octanol–water partition coefficient (Wildman–Crippen LogP) is 6.88. The van der Waals surface area contributed by atoms with Crippen LogP contribution in [0.15, 0.2) is 71.3 Å². The van der Waals surface area contributed by atoms with E-state index in [0.29, 0.717) is 11.6 Å². The van der Waals surface area contributed by atoms with E-state index in [4.69, 9.17) is 4.42 Å². The van der Waals surface area contributed by atoms with Gasteiger partial charge in [0.2, 0.25) is 11.4 Å². The van der Waals surface area contributed by atoms with Gasteiger partial charge in [0.15, 0.2) is 11.8 Å². The Balaban J connectivity index is 1.81. The van der Waals surface area contributed by atoms with Crippen molar-refractivity contribution in [3.63, 3.8) is 0 Å². The second kappa shape index (κ2) is 7.35. The molecule has 0 atom stereocenters. The molecule has 31 heavy (non-hydrogen) atoms. The first-order valence-corrected chi connectivity index (χ1v) is 10.8. The molecular formula is C28H27N2O+. The van der Waals surface area contributed by atoms with Gasteiger partial charge in [-0.3, -0.25) is 0 Å². The number of hydrogen-bond donors (Lipinski definition) is 0. The van der Waals surface area contributed by atoms with E-state index in [2.05, 4.69) is 98.2 Å². The van der Waals surface area contributed by atoms with Crippen molar-refractivity contribution < 1.29 is 8.98 Å². The van der Waals surface area contributed by atoms with Gasteiger partial charge in [0.1, 0.15) is 7.05 Å². The maximum absolute atomic E-state index is 6.37. The predicted molar refractivity (Wildman–Crippen MR) is 127 cm³/mol. The van der Waals surface area contributed by atoms with Crippen LogP contribution < -0.4 is 4.57 Å². The Morgan fingerprint density at radius 3 is 2.35 bits per heavy atom. The molecular weight excluding hydrogens is 380 g/mol. The molecule has 0 spiro atoms. The molecule has 0 bridgehead atoms. The largest absolute Gasteiger partial charge is 0.437 e. The minimum atomic E-state index is 0.517. The maximum Gasteiger partial charge on any atom is 0.227 e. The van der Waals surface area contributed by atoms with E-state index in [1.54, 1.807) is 0 Å². The summed E-state index contributed by atoms with van der Waals surface area (Å²) >= 11 is 0. The fourth-order valence-electron chi connectivity index (χ4n) is 4.41. The Morgan fingerprint density at radius 1 is 0.871 bits per heavy atom. The van der Waals surface area contributed by atoms with Gasteiger partial charge in [-0.2, -0.15) is 0 Å². The van der Waals surface area contributed by atoms with Gasteiger partial charge >= 0.3 is 0 Å². The van der Waals surface area contributed by atoms with Crippen LogP contribution in [0.3, 0.4) is 0 Å². The summed E-state index contributed by atoms with van der Waals surface area (Å²) < 4.78 is 8.57. The molecule has 5 aromatic rings. The van der Waals surface area contributed by atoms with Gasteiger partial charge in [0, 0.05) is 22.5 Å². The van der Waals surface area contributed by atoms with E-state index in [9.17, 15) is 0 Å². The van der Waals surface area contributed by atoms with Crippen LogP contribution in [0.2, 0.25) is 0 Å². The minimum Gasteiger partial charge on any atom is -0.437 e. The molecule has 2 aromatic carbocycles. The zero-order valence-electron chi connectivity index (χ0n) is 18.7. The summed E-state index contributed by atoms with van der Waals surface area (Å²) in [4.78, 5) is 4.63. The quantitative estimate of drug-likeness (QED) is 0.305. The van der Waals surface area contributed by atoms with Crippen molar-refractivity contribution in [1.29, 1.82) is 0 Å². The molecule has 0 aliphatic carbocycles. The Hall–Kier alpha value is -3.46. The highest BCUT2D eigenvalue weighted by molar-refractivity contribution is 6.09. The number of pyridine rings is 2. The number of aryl methyl sites for hydroxylation is 3. The fraction of sp³-hybridized carbons (Fsp3) is 0.214. The molecule has 0 aliphatic rings. The standard InChI is InChI=1S/C28H27N2O/c1-17(2)20-10-12-21(13-11-20)22-7-6-16-30(5)26(22)25-18(3)8-14-23-24-15-9-19(4)29-28(24)31-27(23)25/h6-17H,1-5H3/q+1. The molecule has 3 heteroatoms. The van der Waals surface area contributed by atoms with E-state index >= 15 is 0 Å². The van der Waals surface area contributed by atoms with Crippen molar-refractivity contribution in [2.24, 2.45) is 7.05 Å². The normalized spacial score (nSPS) is 11.7. The average Bonchev–Trinajstić information content (AvgIpc) is 3.11. The van der Waals surface area contributed by atoms with Gasteiger partial charge < -0.3 is 4.42 Å². The number of furan rings is 1. The van der Waals surface area contributed by atoms with E-state index in [0.717, 1.165) is 33.3 Å². The van der Waals surface area contributed by atoms with Crippen LogP contribution in [0, 0.1) is 13.8 Å². The molecule has 154 valence electrons. The van der Waals surface area contributed by atoms with Crippen molar-refractivity contribution in [3.8, 4) is 22.4 Å². The molecule has 0 fully saturated rings. The molecule has 5 rings (SSSR count). The molecule has 0 saturated carbocycles. The average molecular weight is 408 g/mol. The highest BCUT2D eigenvalue weighted by atomic mass is 16.3. The van der Waals surface area contributed by atoms with Gasteiger partial charge in [-0.1, -0.05) is 50.2 Å². The fourth-order valence-corrected chi connectivity index (χ4v) is 4.41. The first kappa shape index (κ1) is 19.5. The lowest BCUT2D eigenvalue weighted by molar-refractivity contribution is -0.659. The minimum absolute atomic E-state index is 0.517. The second-order valence-electron chi connectivity index (χ2n) is 8.70. The SMILES string of the molecule is Cc1ccc2c(n1)oc1c(-c3c(-c4ccc(C(C)C)cc4)ccc[n+]3C)c(C)ccc12.